The number of ether oxygens (including phenoxy) is 1. The average Bonchev–Trinajstić information content (AvgIpc) is 3.21. The summed E-state index contributed by atoms with van der Waals surface area (Å²) in [7, 11) is 1.85. The van der Waals surface area contributed by atoms with E-state index >= 15 is 0 Å². The van der Waals surface area contributed by atoms with Crippen molar-refractivity contribution in [1.82, 2.24) is 0 Å². The lowest BCUT2D eigenvalue weighted by molar-refractivity contribution is -0.114. The van der Waals surface area contributed by atoms with Crippen molar-refractivity contribution in [2.24, 2.45) is 17.3 Å². The first-order valence-corrected chi connectivity index (χ1v) is 12.8. The first-order chi connectivity index (χ1) is 16.5. The summed E-state index contributed by atoms with van der Waals surface area (Å²) < 4.78 is 6.14. The van der Waals surface area contributed by atoms with Crippen LogP contribution < -0.4 is 0 Å². The van der Waals surface area contributed by atoms with Crippen molar-refractivity contribution in [3.8, 4) is 0 Å². The van der Waals surface area contributed by atoms with Gasteiger partial charge < -0.3 is 9.84 Å². The number of aliphatic hydroxyl groups excluding tert-OH is 1. The van der Waals surface area contributed by atoms with Gasteiger partial charge in [0, 0.05) is 30.4 Å². The fraction of sp³-hybridized carbons (Fsp3) is 0.533. The lowest BCUT2D eigenvalue weighted by atomic mass is 9.51. The molecule has 4 nitrogen and oxygen atoms in total. The molecule has 0 saturated heterocycles. The second-order valence-corrected chi connectivity index (χ2v) is 10.6. The summed E-state index contributed by atoms with van der Waals surface area (Å²) in [4.78, 5) is 24.1. The summed E-state index contributed by atoms with van der Waals surface area (Å²) >= 11 is 0. The van der Waals surface area contributed by atoms with Gasteiger partial charge in [0.15, 0.2) is 11.6 Å². The van der Waals surface area contributed by atoms with Crippen LogP contribution in [0.15, 0.2) is 59.2 Å². The number of methoxy groups -OCH3 is 1. The number of aliphatic hydroxyl groups is 1. The SMILES string of the molecule is CO[C@H]1CC[C@H]2[C@@H]3CCC4=CC(=O)CCC4=C3[C@@H](c3ccc(C(C)=O)cc3)CC12CC=CCO. The Hall–Kier alpha value is -2.30. The number of carbonyl (C=O) groups is 2. The molecule has 5 rings (SSSR count). The molecule has 0 amide bonds. The van der Waals surface area contributed by atoms with E-state index in [1.807, 2.05) is 31.4 Å². The topological polar surface area (TPSA) is 63.6 Å². The quantitative estimate of drug-likeness (QED) is 0.435. The predicted octanol–water partition coefficient (Wildman–Crippen LogP) is 5.72. The molecule has 4 heteroatoms. The van der Waals surface area contributed by atoms with Gasteiger partial charge in [0.25, 0.3) is 0 Å². The van der Waals surface area contributed by atoms with Crippen LogP contribution in [0.4, 0.5) is 0 Å². The number of hydrogen-bond acceptors (Lipinski definition) is 4. The minimum atomic E-state index is 0.0325. The van der Waals surface area contributed by atoms with Gasteiger partial charge in [-0.05, 0) is 86.5 Å². The van der Waals surface area contributed by atoms with Crippen LogP contribution in [-0.4, -0.2) is 36.5 Å². The third-order valence-corrected chi connectivity index (χ3v) is 9.16. The molecule has 2 saturated carbocycles. The lowest BCUT2D eigenvalue weighted by Gasteiger charge is -2.53. The highest BCUT2D eigenvalue weighted by Gasteiger charge is 2.58. The van der Waals surface area contributed by atoms with E-state index in [4.69, 9.17) is 4.74 Å². The molecule has 1 aromatic carbocycles. The van der Waals surface area contributed by atoms with Crippen molar-refractivity contribution in [2.75, 3.05) is 13.7 Å². The standard InChI is InChI=1S/C30H36O4/c1-19(32)20-5-7-21(8-6-20)26-18-30(15-3-4-16-31)27(13-14-28(30)34-2)25-11-9-22-17-23(33)10-12-24(22)29(25)26/h3-8,17,25-28,31H,9-16,18H2,1-2H3/t25-,26+,27-,28-,30?/m0/s1. The van der Waals surface area contributed by atoms with E-state index in [1.165, 1.54) is 23.1 Å². The minimum absolute atomic E-state index is 0.0325. The van der Waals surface area contributed by atoms with Crippen molar-refractivity contribution in [1.29, 1.82) is 0 Å². The number of fused-ring (bicyclic) bond motifs is 4. The summed E-state index contributed by atoms with van der Waals surface area (Å²) in [6.45, 7) is 1.68. The third kappa shape index (κ3) is 3.85. The summed E-state index contributed by atoms with van der Waals surface area (Å²) in [6.07, 6.45) is 13.9. The molecule has 2 fully saturated rings. The summed E-state index contributed by atoms with van der Waals surface area (Å²) in [6, 6.07) is 8.22. The van der Waals surface area contributed by atoms with Crippen LogP contribution in [0.3, 0.4) is 0 Å². The first kappa shape index (κ1) is 23.4. The summed E-state index contributed by atoms with van der Waals surface area (Å²) in [5, 5.41) is 9.41. The molecule has 0 aromatic heterocycles. The molecule has 34 heavy (non-hydrogen) atoms. The van der Waals surface area contributed by atoms with Crippen molar-refractivity contribution >= 4 is 11.6 Å². The molecule has 1 N–H and O–H groups in total. The van der Waals surface area contributed by atoms with Gasteiger partial charge in [-0.3, -0.25) is 9.59 Å². The maximum Gasteiger partial charge on any atom is 0.159 e. The minimum Gasteiger partial charge on any atom is -0.392 e. The lowest BCUT2D eigenvalue weighted by Crippen LogP contribution is -2.47. The molecule has 0 aliphatic heterocycles. The fourth-order valence-electron chi connectivity index (χ4n) is 7.75. The Morgan fingerprint density at radius 2 is 1.91 bits per heavy atom. The monoisotopic (exact) mass is 460 g/mol. The van der Waals surface area contributed by atoms with Crippen molar-refractivity contribution in [2.45, 2.75) is 70.3 Å². The van der Waals surface area contributed by atoms with Gasteiger partial charge in [-0.2, -0.15) is 0 Å². The molecular weight excluding hydrogens is 424 g/mol. The van der Waals surface area contributed by atoms with Crippen LogP contribution >= 0.6 is 0 Å². The molecule has 1 unspecified atom stereocenters. The number of allylic oxidation sites excluding steroid dienone is 5. The Kier molecular flexibility index (Phi) is 6.47. The molecule has 5 atom stereocenters. The number of hydrogen-bond donors (Lipinski definition) is 1. The Balaban J connectivity index is 1.65. The molecular formula is C30H36O4. The van der Waals surface area contributed by atoms with Gasteiger partial charge in [-0.1, -0.05) is 42.0 Å². The number of ketones is 2. The van der Waals surface area contributed by atoms with Gasteiger partial charge in [0.05, 0.1) is 12.7 Å². The van der Waals surface area contributed by atoms with Gasteiger partial charge in [0.2, 0.25) is 0 Å². The highest BCUT2D eigenvalue weighted by atomic mass is 16.5. The van der Waals surface area contributed by atoms with E-state index in [1.54, 1.807) is 12.5 Å². The first-order valence-electron chi connectivity index (χ1n) is 12.8. The fourth-order valence-corrected chi connectivity index (χ4v) is 7.75. The highest BCUT2D eigenvalue weighted by molar-refractivity contribution is 5.94. The Morgan fingerprint density at radius 1 is 1.12 bits per heavy atom. The van der Waals surface area contributed by atoms with Crippen LogP contribution in [0.5, 0.6) is 0 Å². The molecule has 1 aromatic rings. The Bertz CT molecular complexity index is 1060. The van der Waals surface area contributed by atoms with Crippen LogP contribution in [0, 0.1) is 17.3 Å². The van der Waals surface area contributed by atoms with Gasteiger partial charge in [0.1, 0.15) is 0 Å². The van der Waals surface area contributed by atoms with Crippen molar-refractivity contribution < 1.29 is 19.4 Å². The largest absolute Gasteiger partial charge is 0.392 e. The van der Waals surface area contributed by atoms with Gasteiger partial charge in [-0.25, -0.2) is 0 Å². The molecule has 0 spiro atoms. The molecule has 0 bridgehead atoms. The van der Waals surface area contributed by atoms with E-state index in [2.05, 4.69) is 18.2 Å². The summed E-state index contributed by atoms with van der Waals surface area (Å²) in [5.74, 6) is 1.65. The van der Waals surface area contributed by atoms with E-state index in [0.717, 1.165) is 44.1 Å². The van der Waals surface area contributed by atoms with E-state index in [9.17, 15) is 14.7 Å². The third-order valence-electron chi connectivity index (χ3n) is 9.16. The van der Waals surface area contributed by atoms with Crippen molar-refractivity contribution in [3.05, 3.63) is 70.3 Å². The molecule has 0 radical (unpaired) electrons. The number of benzene rings is 1. The van der Waals surface area contributed by atoms with Crippen LogP contribution in [0.1, 0.15) is 80.1 Å². The number of Topliss-reactive ketones (excluding diaryl/α,β-unsaturated/α-hetero) is 1. The molecule has 0 heterocycles. The number of rotatable bonds is 6. The van der Waals surface area contributed by atoms with E-state index in [-0.39, 0.29) is 35.6 Å². The molecule has 4 aliphatic carbocycles. The van der Waals surface area contributed by atoms with Crippen LogP contribution in [-0.2, 0) is 9.53 Å². The summed E-state index contributed by atoms with van der Waals surface area (Å²) in [5.41, 5.74) is 6.31. The normalized spacial score (nSPS) is 32.9. The molecule has 4 aliphatic rings. The second kappa shape index (κ2) is 9.39. The smallest absolute Gasteiger partial charge is 0.159 e. The van der Waals surface area contributed by atoms with Gasteiger partial charge >= 0.3 is 0 Å². The Labute approximate surface area is 202 Å². The zero-order valence-corrected chi connectivity index (χ0v) is 20.4. The average molecular weight is 461 g/mol. The second-order valence-electron chi connectivity index (χ2n) is 10.6. The predicted molar refractivity (Wildman–Crippen MR) is 133 cm³/mol. The van der Waals surface area contributed by atoms with Gasteiger partial charge in [-0.15, -0.1) is 0 Å². The van der Waals surface area contributed by atoms with E-state index < -0.39 is 0 Å². The highest BCUT2D eigenvalue weighted by Crippen LogP contribution is 2.65. The zero-order chi connectivity index (χ0) is 23.9. The Morgan fingerprint density at radius 3 is 2.62 bits per heavy atom. The zero-order valence-electron chi connectivity index (χ0n) is 20.4. The maximum atomic E-state index is 12.2. The van der Waals surface area contributed by atoms with Crippen LogP contribution in [0.25, 0.3) is 0 Å². The van der Waals surface area contributed by atoms with Crippen LogP contribution in [0.2, 0.25) is 0 Å². The number of carbonyl (C=O) groups excluding carboxylic acids is 2. The maximum absolute atomic E-state index is 12.2. The van der Waals surface area contributed by atoms with Crippen molar-refractivity contribution in [3.63, 3.8) is 0 Å². The van der Waals surface area contributed by atoms with E-state index in [0.29, 0.717) is 18.3 Å². The molecule has 180 valence electrons.